The smallest absolute Gasteiger partial charge is 0.125 e. The number of ether oxygens (including phenoxy) is 1. The van der Waals surface area contributed by atoms with Gasteiger partial charge in [0.05, 0.1) is 0 Å². The quantitative estimate of drug-likeness (QED) is 0.862. The molecule has 0 spiro atoms. The Morgan fingerprint density at radius 2 is 2.05 bits per heavy atom. The highest BCUT2D eigenvalue weighted by Gasteiger charge is 2.10. The molecule has 0 atom stereocenters. The second-order valence-electron chi connectivity index (χ2n) is 5.38. The molecular formula is C17H21ClN2O. The lowest BCUT2D eigenvalue weighted by Crippen LogP contribution is -2.00. The molecule has 1 heterocycles. The van der Waals surface area contributed by atoms with Crippen LogP contribution >= 0.6 is 11.6 Å². The molecule has 2 rings (SSSR count). The second kappa shape index (κ2) is 6.81. The van der Waals surface area contributed by atoms with Gasteiger partial charge in [0, 0.05) is 23.8 Å². The summed E-state index contributed by atoms with van der Waals surface area (Å²) in [7, 11) is 1.85. The number of benzene rings is 1. The highest BCUT2D eigenvalue weighted by molar-refractivity contribution is 6.31. The summed E-state index contributed by atoms with van der Waals surface area (Å²) in [6.45, 7) is 6.76. The molecule has 3 nitrogen and oxygen atoms in total. The molecule has 21 heavy (non-hydrogen) atoms. The molecule has 4 heteroatoms. The van der Waals surface area contributed by atoms with Gasteiger partial charge in [-0.2, -0.15) is 0 Å². The van der Waals surface area contributed by atoms with Gasteiger partial charge in [-0.1, -0.05) is 31.5 Å². The lowest BCUT2D eigenvalue weighted by Gasteiger charge is -2.14. The number of halogens is 1. The van der Waals surface area contributed by atoms with Gasteiger partial charge in [0.1, 0.15) is 18.2 Å². The zero-order valence-corrected chi connectivity index (χ0v) is 13.7. The summed E-state index contributed by atoms with van der Waals surface area (Å²) in [6, 6.07) is 7.95. The van der Waals surface area contributed by atoms with Crippen molar-refractivity contribution in [3.8, 4) is 5.75 Å². The van der Waals surface area contributed by atoms with E-state index in [1.165, 1.54) is 0 Å². The van der Waals surface area contributed by atoms with Gasteiger partial charge in [0.25, 0.3) is 0 Å². The van der Waals surface area contributed by atoms with Crippen LogP contribution in [0, 0.1) is 6.92 Å². The minimum atomic E-state index is 0.372. The summed E-state index contributed by atoms with van der Waals surface area (Å²) >= 11 is 6.27. The molecule has 0 aliphatic heterocycles. The molecule has 0 bridgehead atoms. The average molecular weight is 305 g/mol. The molecule has 0 unspecified atom stereocenters. The third-order valence-electron chi connectivity index (χ3n) is 3.39. The Morgan fingerprint density at radius 3 is 2.62 bits per heavy atom. The highest BCUT2D eigenvalue weighted by atomic mass is 35.5. The van der Waals surface area contributed by atoms with Crippen LogP contribution in [0.25, 0.3) is 0 Å². The minimum Gasteiger partial charge on any atom is -0.489 e. The van der Waals surface area contributed by atoms with E-state index in [2.05, 4.69) is 24.1 Å². The maximum atomic E-state index is 6.27. The van der Waals surface area contributed by atoms with Crippen LogP contribution in [0.5, 0.6) is 5.75 Å². The molecule has 0 aliphatic rings. The van der Waals surface area contributed by atoms with E-state index in [9.17, 15) is 0 Å². The van der Waals surface area contributed by atoms with Crippen molar-refractivity contribution in [1.82, 2.24) is 4.98 Å². The molecule has 0 aliphatic carbocycles. The van der Waals surface area contributed by atoms with E-state index in [4.69, 9.17) is 16.3 Å². The van der Waals surface area contributed by atoms with Gasteiger partial charge >= 0.3 is 0 Å². The van der Waals surface area contributed by atoms with E-state index in [1.807, 2.05) is 44.4 Å². The lowest BCUT2D eigenvalue weighted by molar-refractivity contribution is 0.303. The van der Waals surface area contributed by atoms with Gasteiger partial charge in [0.15, 0.2) is 0 Å². The molecule has 0 fully saturated rings. The Kier molecular flexibility index (Phi) is 5.07. The van der Waals surface area contributed by atoms with Crippen molar-refractivity contribution in [1.29, 1.82) is 0 Å². The fraction of sp³-hybridized carbons (Fsp3) is 0.353. The Balaban J connectivity index is 2.13. The molecule has 1 aromatic carbocycles. The minimum absolute atomic E-state index is 0.372. The van der Waals surface area contributed by atoms with Crippen LogP contribution in [0.3, 0.4) is 0 Å². The van der Waals surface area contributed by atoms with E-state index in [1.54, 1.807) is 0 Å². The van der Waals surface area contributed by atoms with Gasteiger partial charge in [0.2, 0.25) is 0 Å². The first-order valence-electron chi connectivity index (χ1n) is 7.06. The van der Waals surface area contributed by atoms with Gasteiger partial charge in [-0.3, -0.25) is 0 Å². The van der Waals surface area contributed by atoms with Crippen molar-refractivity contribution in [2.45, 2.75) is 33.3 Å². The van der Waals surface area contributed by atoms with Crippen LogP contribution in [0.15, 0.2) is 30.5 Å². The number of rotatable bonds is 5. The Bertz CT molecular complexity index is 609. The molecule has 2 aromatic rings. The number of nitrogens with zero attached hydrogens (tertiary/aromatic N) is 1. The van der Waals surface area contributed by atoms with E-state index in [0.29, 0.717) is 12.5 Å². The summed E-state index contributed by atoms with van der Waals surface area (Å²) in [5.41, 5.74) is 3.19. The Hall–Kier alpha value is -1.74. The zero-order chi connectivity index (χ0) is 15.4. The number of aryl methyl sites for hydroxylation is 1. The van der Waals surface area contributed by atoms with Crippen LogP contribution in [0.2, 0.25) is 5.02 Å². The van der Waals surface area contributed by atoms with Crippen LogP contribution in [-0.4, -0.2) is 12.0 Å². The van der Waals surface area contributed by atoms with E-state index in [-0.39, 0.29) is 0 Å². The first-order valence-corrected chi connectivity index (χ1v) is 7.44. The van der Waals surface area contributed by atoms with Crippen molar-refractivity contribution < 1.29 is 4.74 Å². The molecule has 0 radical (unpaired) electrons. The van der Waals surface area contributed by atoms with Crippen molar-refractivity contribution >= 4 is 17.4 Å². The van der Waals surface area contributed by atoms with Gasteiger partial charge in [-0.25, -0.2) is 4.98 Å². The van der Waals surface area contributed by atoms with Gasteiger partial charge < -0.3 is 10.1 Å². The second-order valence-corrected chi connectivity index (χ2v) is 5.79. The third kappa shape index (κ3) is 3.88. The topological polar surface area (TPSA) is 34.1 Å². The summed E-state index contributed by atoms with van der Waals surface area (Å²) in [5, 5.41) is 3.80. The summed E-state index contributed by atoms with van der Waals surface area (Å²) < 4.78 is 5.92. The summed E-state index contributed by atoms with van der Waals surface area (Å²) in [6.07, 6.45) is 1.82. The zero-order valence-electron chi connectivity index (χ0n) is 12.9. The van der Waals surface area contributed by atoms with E-state index in [0.717, 1.165) is 33.3 Å². The number of anilines is 1. The molecule has 112 valence electrons. The van der Waals surface area contributed by atoms with Crippen molar-refractivity contribution in [3.05, 3.63) is 52.2 Å². The fourth-order valence-electron chi connectivity index (χ4n) is 2.09. The summed E-state index contributed by atoms with van der Waals surface area (Å²) in [5.74, 6) is 2.10. The highest BCUT2D eigenvalue weighted by Crippen LogP contribution is 2.31. The molecule has 0 amide bonds. The van der Waals surface area contributed by atoms with Gasteiger partial charge in [-0.15, -0.1) is 0 Å². The number of pyridine rings is 1. The standard InChI is InChI=1S/C17H21ClN2O/c1-11(2)14-8-16(12(3)7-15(14)18)21-10-13-5-6-17(19-4)20-9-13/h5-9,11H,10H2,1-4H3,(H,19,20). The van der Waals surface area contributed by atoms with Crippen LogP contribution in [0.4, 0.5) is 5.82 Å². The van der Waals surface area contributed by atoms with Crippen molar-refractivity contribution in [2.24, 2.45) is 0 Å². The van der Waals surface area contributed by atoms with E-state index < -0.39 is 0 Å². The van der Waals surface area contributed by atoms with Crippen LogP contribution < -0.4 is 10.1 Å². The molecule has 1 N–H and O–H groups in total. The molecule has 0 saturated carbocycles. The maximum absolute atomic E-state index is 6.27. The number of aromatic nitrogens is 1. The normalized spacial score (nSPS) is 10.8. The molecular weight excluding hydrogens is 284 g/mol. The first kappa shape index (κ1) is 15.6. The predicted molar refractivity (Wildman–Crippen MR) is 88.4 cm³/mol. The fourth-order valence-corrected chi connectivity index (χ4v) is 2.52. The number of hydrogen-bond donors (Lipinski definition) is 1. The maximum Gasteiger partial charge on any atom is 0.125 e. The van der Waals surface area contributed by atoms with Gasteiger partial charge in [-0.05, 0) is 42.2 Å². The van der Waals surface area contributed by atoms with Crippen LogP contribution in [-0.2, 0) is 6.61 Å². The third-order valence-corrected chi connectivity index (χ3v) is 3.72. The van der Waals surface area contributed by atoms with Crippen molar-refractivity contribution in [3.63, 3.8) is 0 Å². The molecule has 1 aromatic heterocycles. The summed E-state index contributed by atoms with van der Waals surface area (Å²) in [4.78, 5) is 4.28. The number of hydrogen-bond acceptors (Lipinski definition) is 3. The Labute approximate surface area is 131 Å². The first-order chi connectivity index (χ1) is 10.0. The lowest BCUT2D eigenvalue weighted by atomic mass is 10.0. The van der Waals surface area contributed by atoms with Crippen molar-refractivity contribution in [2.75, 3.05) is 12.4 Å². The molecule has 0 saturated heterocycles. The Morgan fingerprint density at radius 1 is 1.29 bits per heavy atom. The van der Waals surface area contributed by atoms with E-state index >= 15 is 0 Å². The predicted octanol–water partition coefficient (Wildman–Crippen LogP) is 4.79. The van der Waals surface area contributed by atoms with Crippen LogP contribution in [0.1, 0.15) is 36.5 Å². The monoisotopic (exact) mass is 304 g/mol. The average Bonchev–Trinajstić information content (AvgIpc) is 2.46. The SMILES string of the molecule is CNc1ccc(COc2cc(C(C)C)c(Cl)cc2C)cn1. The number of nitrogens with one attached hydrogen (secondary N) is 1. The largest absolute Gasteiger partial charge is 0.489 e.